The maximum Gasteiger partial charge on any atom is 0.0946 e. The number of para-hydroxylation sites is 1. The van der Waals surface area contributed by atoms with Crippen molar-refractivity contribution in [3.05, 3.63) is 54.7 Å². The number of anilines is 1. The van der Waals surface area contributed by atoms with Crippen LogP contribution in [0.15, 0.2) is 49.1 Å². The summed E-state index contributed by atoms with van der Waals surface area (Å²) in [6, 6.07) is 10.7. The van der Waals surface area contributed by atoms with Gasteiger partial charge in [0.25, 0.3) is 0 Å². The molecule has 0 amide bonds. The number of pyridine rings is 1. The summed E-state index contributed by atoms with van der Waals surface area (Å²) in [5.74, 6) is 0.671. The lowest BCUT2D eigenvalue weighted by Crippen LogP contribution is -2.37. The molecule has 4 rings (SSSR count). The first-order valence-corrected chi connectivity index (χ1v) is 8.37. The van der Waals surface area contributed by atoms with Crippen molar-refractivity contribution in [1.82, 2.24) is 14.5 Å². The fraction of sp³-hybridized carbons (Fsp3) is 0.368. The SMILES string of the molecule is Cc1cc(N2CCC[C@H](Cn3ccnc3)C2)c2ccccc2n1. The number of piperidine rings is 1. The minimum atomic E-state index is 0.671. The molecule has 2 aromatic heterocycles. The van der Waals surface area contributed by atoms with Crippen molar-refractivity contribution in [3.63, 3.8) is 0 Å². The average molecular weight is 306 g/mol. The van der Waals surface area contributed by atoms with Crippen LogP contribution < -0.4 is 4.90 Å². The first-order chi connectivity index (χ1) is 11.3. The molecule has 0 saturated carbocycles. The van der Waals surface area contributed by atoms with Crippen molar-refractivity contribution in [2.75, 3.05) is 18.0 Å². The Kier molecular flexibility index (Phi) is 3.74. The number of hydrogen-bond donors (Lipinski definition) is 0. The van der Waals surface area contributed by atoms with Gasteiger partial charge in [-0.25, -0.2) is 4.98 Å². The van der Waals surface area contributed by atoms with Crippen LogP contribution in [0.25, 0.3) is 10.9 Å². The molecule has 23 heavy (non-hydrogen) atoms. The molecule has 3 heterocycles. The Bertz CT molecular complexity index is 794. The topological polar surface area (TPSA) is 34.0 Å². The van der Waals surface area contributed by atoms with Gasteiger partial charge in [0.1, 0.15) is 0 Å². The molecule has 1 aromatic carbocycles. The minimum absolute atomic E-state index is 0.671. The van der Waals surface area contributed by atoms with E-state index in [0.29, 0.717) is 5.92 Å². The van der Waals surface area contributed by atoms with Crippen LogP contribution in [0.2, 0.25) is 0 Å². The molecule has 0 bridgehead atoms. The van der Waals surface area contributed by atoms with Gasteiger partial charge >= 0.3 is 0 Å². The molecule has 118 valence electrons. The number of imidazole rings is 1. The molecule has 0 aliphatic carbocycles. The molecule has 4 heteroatoms. The second-order valence-electron chi connectivity index (χ2n) is 6.51. The van der Waals surface area contributed by atoms with E-state index >= 15 is 0 Å². The molecule has 3 aromatic rings. The van der Waals surface area contributed by atoms with Crippen molar-refractivity contribution in [2.45, 2.75) is 26.3 Å². The zero-order valence-corrected chi connectivity index (χ0v) is 13.5. The second kappa shape index (κ2) is 6.03. The Hall–Kier alpha value is -2.36. The summed E-state index contributed by atoms with van der Waals surface area (Å²) in [5, 5.41) is 1.27. The summed E-state index contributed by atoms with van der Waals surface area (Å²) in [5.41, 5.74) is 3.53. The van der Waals surface area contributed by atoms with Crippen molar-refractivity contribution >= 4 is 16.6 Å². The highest BCUT2D eigenvalue weighted by molar-refractivity contribution is 5.92. The standard InChI is InChI=1S/C19H22N4/c1-15-11-19(17-6-2-3-7-18(17)21-15)23-9-4-5-16(13-23)12-22-10-8-20-14-22/h2-3,6-8,10-11,14,16H,4-5,9,12-13H2,1H3/t16-/m1/s1. The summed E-state index contributed by atoms with van der Waals surface area (Å²) in [6.07, 6.45) is 8.38. The van der Waals surface area contributed by atoms with Gasteiger partial charge in [0.05, 0.1) is 11.8 Å². The lowest BCUT2D eigenvalue weighted by atomic mass is 9.96. The number of aromatic nitrogens is 3. The van der Waals surface area contributed by atoms with Gasteiger partial charge in [0.15, 0.2) is 0 Å². The Morgan fingerprint density at radius 3 is 3.04 bits per heavy atom. The van der Waals surface area contributed by atoms with Crippen LogP contribution >= 0.6 is 0 Å². The van der Waals surface area contributed by atoms with E-state index in [1.54, 1.807) is 0 Å². The average Bonchev–Trinajstić information content (AvgIpc) is 3.07. The van der Waals surface area contributed by atoms with E-state index in [2.05, 4.69) is 62.9 Å². The zero-order valence-electron chi connectivity index (χ0n) is 13.5. The fourth-order valence-electron chi connectivity index (χ4n) is 3.67. The molecule has 0 radical (unpaired) electrons. The van der Waals surface area contributed by atoms with Crippen molar-refractivity contribution in [3.8, 4) is 0 Å². The summed E-state index contributed by atoms with van der Waals surface area (Å²) in [4.78, 5) is 11.4. The summed E-state index contributed by atoms with van der Waals surface area (Å²) in [6.45, 7) is 5.38. The molecule has 1 aliphatic rings. The highest BCUT2D eigenvalue weighted by Gasteiger charge is 2.22. The number of nitrogens with zero attached hydrogens (tertiary/aromatic N) is 4. The molecule has 4 nitrogen and oxygen atoms in total. The number of hydrogen-bond acceptors (Lipinski definition) is 3. The van der Waals surface area contributed by atoms with E-state index in [4.69, 9.17) is 0 Å². The van der Waals surface area contributed by atoms with Gasteiger partial charge in [-0.3, -0.25) is 4.98 Å². The fourth-order valence-corrected chi connectivity index (χ4v) is 3.67. The third kappa shape index (κ3) is 2.93. The number of fused-ring (bicyclic) bond motifs is 1. The van der Waals surface area contributed by atoms with Crippen LogP contribution in [0, 0.1) is 12.8 Å². The quantitative estimate of drug-likeness (QED) is 0.740. The third-order valence-electron chi connectivity index (χ3n) is 4.71. The van der Waals surface area contributed by atoms with E-state index in [1.807, 2.05) is 12.5 Å². The molecule has 0 spiro atoms. The molecule has 1 aliphatic heterocycles. The Morgan fingerprint density at radius 1 is 1.26 bits per heavy atom. The van der Waals surface area contributed by atoms with Gasteiger partial charge in [-0.05, 0) is 37.8 Å². The van der Waals surface area contributed by atoms with Gasteiger partial charge in [0.2, 0.25) is 0 Å². The van der Waals surface area contributed by atoms with E-state index in [9.17, 15) is 0 Å². The highest BCUT2D eigenvalue weighted by atomic mass is 15.1. The molecule has 0 unspecified atom stereocenters. The smallest absolute Gasteiger partial charge is 0.0946 e. The molecule has 1 saturated heterocycles. The van der Waals surface area contributed by atoms with E-state index in [0.717, 1.165) is 30.8 Å². The Morgan fingerprint density at radius 2 is 2.17 bits per heavy atom. The predicted octanol–water partition coefficient (Wildman–Crippen LogP) is 3.66. The molecular weight excluding hydrogens is 284 g/mol. The van der Waals surface area contributed by atoms with Crippen LogP contribution in [-0.2, 0) is 6.54 Å². The summed E-state index contributed by atoms with van der Waals surface area (Å²) in [7, 11) is 0. The maximum atomic E-state index is 4.67. The lowest BCUT2D eigenvalue weighted by Gasteiger charge is -2.35. The minimum Gasteiger partial charge on any atom is -0.371 e. The largest absolute Gasteiger partial charge is 0.371 e. The van der Waals surface area contributed by atoms with Crippen LogP contribution in [0.5, 0.6) is 0 Å². The van der Waals surface area contributed by atoms with Crippen molar-refractivity contribution in [2.24, 2.45) is 5.92 Å². The van der Waals surface area contributed by atoms with E-state index in [1.165, 1.54) is 23.9 Å². The third-order valence-corrected chi connectivity index (χ3v) is 4.71. The van der Waals surface area contributed by atoms with Crippen molar-refractivity contribution < 1.29 is 0 Å². The highest BCUT2D eigenvalue weighted by Crippen LogP contribution is 2.30. The predicted molar refractivity (Wildman–Crippen MR) is 93.6 cm³/mol. The second-order valence-corrected chi connectivity index (χ2v) is 6.51. The van der Waals surface area contributed by atoms with E-state index in [-0.39, 0.29) is 0 Å². The van der Waals surface area contributed by atoms with E-state index < -0.39 is 0 Å². The van der Waals surface area contributed by atoms with Gasteiger partial charge < -0.3 is 9.47 Å². The first kappa shape index (κ1) is 14.2. The summed E-state index contributed by atoms with van der Waals surface area (Å²) < 4.78 is 2.20. The molecule has 0 N–H and O–H groups in total. The summed E-state index contributed by atoms with van der Waals surface area (Å²) >= 11 is 0. The lowest BCUT2D eigenvalue weighted by molar-refractivity contribution is 0.367. The van der Waals surface area contributed by atoms with Crippen LogP contribution in [-0.4, -0.2) is 27.6 Å². The Labute approximate surface area is 136 Å². The van der Waals surface area contributed by atoms with Gasteiger partial charge in [-0.15, -0.1) is 0 Å². The van der Waals surface area contributed by atoms with Crippen molar-refractivity contribution in [1.29, 1.82) is 0 Å². The first-order valence-electron chi connectivity index (χ1n) is 8.37. The zero-order chi connectivity index (χ0) is 15.6. The van der Waals surface area contributed by atoms with Crippen LogP contribution in [0.1, 0.15) is 18.5 Å². The number of rotatable bonds is 3. The van der Waals surface area contributed by atoms with Crippen LogP contribution in [0.3, 0.4) is 0 Å². The van der Waals surface area contributed by atoms with Gasteiger partial charge in [-0.1, -0.05) is 18.2 Å². The number of aryl methyl sites for hydroxylation is 1. The number of benzene rings is 1. The van der Waals surface area contributed by atoms with Gasteiger partial charge in [0, 0.05) is 48.8 Å². The molecule has 1 atom stereocenters. The van der Waals surface area contributed by atoms with Crippen LogP contribution in [0.4, 0.5) is 5.69 Å². The molecule has 1 fully saturated rings. The molecular formula is C19H22N4. The Balaban J connectivity index is 1.62. The monoisotopic (exact) mass is 306 g/mol. The normalized spacial score (nSPS) is 18.5. The van der Waals surface area contributed by atoms with Gasteiger partial charge in [-0.2, -0.15) is 0 Å². The maximum absolute atomic E-state index is 4.67.